The molecule has 0 fully saturated rings. The number of hydrogen-bond acceptors (Lipinski definition) is 4. The van der Waals surface area contributed by atoms with E-state index in [-0.39, 0.29) is 18.4 Å². The molecular weight excluding hydrogens is 342 g/mol. The Hall–Kier alpha value is -3.08. The number of aromatic amines is 1. The second-order valence-corrected chi connectivity index (χ2v) is 6.46. The van der Waals surface area contributed by atoms with E-state index in [4.69, 9.17) is 9.47 Å². The number of hydrogen-bond donors (Lipinski definition) is 1. The number of fused-ring (bicyclic) bond motifs is 1. The first-order chi connectivity index (χ1) is 13.1. The van der Waals surface area contributed by atoms with Gasteiger partial charge in [0.2, 0.25) is 0 Å². The summed E-state index contributed by atoms with van der Waals surface area (Å²) < 4.78 is 10.7. The topological polar surface area (TPSA) is 68.4 Å². The Labute approximate surface area is 158 Å². The SMILES string of the molecule is COc1ccc(C(C)=O)cc1COC(=O)CCCc1c[nH]c2ccccc12. The van der Waals surface area contributed by atoms with Crippen molar-refractivity contribution in [3.63, 3.8) is 0 Å². The van der Waals surface area contributed by atoms with Crippen molar-refractivity contribution in [2.24, 2.45) is 0 Å². The van der Waals surface area contributed by atoms with Crippen molar-refractivity contribution in [2.45, 2.75) is 32.8 Å². The van der Waals surface area contributed by atoms with E-state index in [2.05, 4.69) is 11.1 Å². The average Bonchev–Trinajstić information content (AvgIpc) is 3.09. The van der Waals surface area contributed by atoms with Gasteiger partial charge in [-0.1, -0.05) is 18.2 Å². The summed E-state index contributed by atoms with van der Waals surface area (Å²) in [6.45, 7) is 1.60. The van der Waals surface area contributed by atoms with Gasteiger partial charge in [-0.05, 0) is 49.6 Å². The maximum atomic E-state index is 12.1. The zero-order chi connectivity index (χ0) is 19.2. The maximum absolute atomic E-state index is 12.1. The summed E-state index contributed by atoms with van der Waals surface area (Å²) >= 11 is 0. The van der Waals surface area contributed by atoms with Crippen LogP contribution in [-0.4, -0.2) is 23.8 Å². The quantitative estimate of drug-likeness (QED) is 0.473. The number of benzene rings is 2. The molecule has 0 radical (unpaired) electrons. The third-order valence-electron chi connectivity index (χ3n) is 4.58. The normalized spacial score (nSPS) is 10.7. The minimum absolute atomic E-state index is 0.0380. The van der Waals surface area contributed by atoms with Crippen LogP contribution < -0.4 is 4.74 Å². The number of aryl methyl sites for hydroxylation is 1. The van der Waals surface area contributed by atoms with Crippen LogP contribution in [0.1, 0.15) is 41.3 Å². The Balaban J connectivity index is 1.53. The monoisotopic (exact) mass is 365 g/mol. The molecule has 3 rings (SSSR count). The first-order valence-electron chi connectivity index (χ1n) is 8.97. The van der Waals surface area contributed by atoms with Gasteiger partial charge >= 0.3 is 5.97 Å². The van der Waals surface area contributed by atoms with Gasteiger partial charge in [0.25, 0.3) is 0 Å². The van der Waals surface area contributed by atoms with Crippen molar-refractivity contribution in [1.82, 2.24) is 4.98 Å². The second kappa shape index (κ2) is 8.54. The molecule has 0 aliphatic heterocycles. The summed E-state index contributed by atoms with van der Waals surface area (Å²) in [4.78, 5) is 26.9. The van der Waals surface area contributed by atoms with Crippen molar-refractivity contribution in [3.05, 3.63) is 65.4 Å². The van der Waals surface area contributed by atoms with E-state index in [9.17, 15) is 9.59 Å². The second-order valence-electron chi connectivity index (χ2n) is 6.46. The van der Waals surface area contributed by atoms with Crippen LogP contribution in [0.4, 0.5) is 0 Å². The van der Waals surface area contributed by atoms with Crippen molar-refractivity contribution in [3.8, 4) is 5.75 Å². The molecule has 5 nitrogen and oxygen atoms in total. The van der Waals surface area contributed by atoms with Crippen LogP contribution in [0.5, 0.6) is 5.75 Å². The standard InChI is InChI=1S/C22H23NO4/c1-15(24)16-10-11-21(26-2)18(12-16)14-27-22(25)9-5-6-17-13-23-20-8-4-3-7-19(17)20/h3-4,7-8,10-13,23H,5-6,9,14H2,1-2H3. The fraction of sp³-hybridized carbons (Fsp3) is 0.273. The third kappa shape index (κ3) is 4.56. The zero-order valence-corrected chi connectivity index (χ0v) is 15.6. The van der Waals surface area contributed by atoms with Crippen molar-refractivity contribution in [2.75, 3.05) is 7.11 Å². The van der Waals surface area contributed by atoms with Crippen LogP contribution in [0.2, 0.25) is 0 Å². The molecular formula is C22H23NO4. The molecule has 0 atom stereocenters. The number of ether oxygens (including phenoxy) is 2. The number of carbonyl (C=O) groups excluding carboxylic acids is 2. The minimum atomic E-state index is -0.259. The van der Waals surface area contributed by atoms with Crippen LogP contribution in [0.25, 0.3) is 10.9 Å². The first-order valence-corrected chi connectivity index (χ1v) is 8.97. The average molecular weight is 365 g/mol. The third-order valence-corrected chi connectivity index (χ3v) is 4.58. The van der Waals surface area contributed by atoms with Crippen LogP contribution in [-0.2, 0) is 22.6 Å². The van der Waals surface area contributed by atoms with E-state index in [1.807, 2.05) is 24.4 Å². The Morgan fingerprint density at radius 2 is 1.89 bits per heavy atom. The summed E-state index contributed by atoms with van der Waals surface area (Å²) in [6, 6.07) is 13.3. The molecule has 0 amide bonds. The van der Waals surface area contributed by atoms with Crippen molar-refractivity contribution in [1.29, 1.82) is 0 Å². The van der Waals surface area contributed by atoms with Crippen LogP contribution >= 0.6 is 0 Å². The van der Waals surface area contributed by atoms with E-state index in [0.29, 0.717) is 29.7 Å². The van der Waals surface area contributed by atoms with E-state index in [1.165, 1.54) is 17.9 Å². The highest BCUT2D eigenvalue weighted by molar-refractivity contribution is 5.94. The van der Waals surface area contributed by atoms with Gasteiger partial charge in [-0.3, -0.25) is 9.59 Å². The molecule has 0 saturated heterocycles. The number of carbonyl (C=O) groups is 2. The number of H-pyrrole nitrogens is 1. The van der Waals surface area contributed by atoms with E-state index < -0.39 is 0 Å². The lowest BCUT2D eigenvalue weighted by atomic mass is 10.1. The van der Waals surface area contributed by atoms with Crippen LogP contribution in [0, 0.1) is 0 Å². The van der Waals surface area contributed by atoms with Gasteiger partial charge in [0.1, 0.15) is 12.4 Å². The van der Waals surface area contributed by atoms with Crippen LogP contribution in [0.3, 0.4) is 0 Å². The lowest BCUT2D eigenvalue weighted by molar-refractivity contribution is -0.145. The lowest BCUT2D eigenvalue weighted by Crippen LogP contribution is -2.06. The molecule has 0 spiro atoms. The fourth-order valence-electron chi connectivity index (χ4n) is 3.10. The predicted molar refractivity (Wildman–Crippen MR) is 104 cm³/mol. The molecule has 140 valence electrons. The number of aromatic nitrogens is 1. The summed E-state index contributed by atoms with van der Waals surface area (Å²) in [7, 11) is 1.55. The summed E-state index contributed by atoms with van der Waals surface area (Å²) in [5.41, 5.74) is 3.57. The number of rotatable bonds is 8. The van der Waals surface area contributed by atoms with Crippen molar-refractivity contribution < 1.29 is 19.1 Å². The Kier molecular flexibility index (Phi) is 5.91. The smallest absolute Gasteiger partial charge is 0.306 e. The van der Waals surface area contributed by atoms with Gasteiger partial charge in [0, 0.05) is 34.6 Å². The largest absolute Gasteiger partial charge is 0.496 e. The van der Waals surface area contributed by atoms with E-state index >= 15 is 0 Å². The van der Waals surface area contributed by atoms with Gasteiger partial charge < -0.3 is 14.5 Å². The number of methoxy groups -OCH3 is 1. The molecule has 27 heavy (non-hydrogen) atoms. The predicted octanol–water partition coefficient (Wildman–Crippen LogP) is 4.45. The van der Waals surface area contributed by atoms with Gasteiger partial charge in [-0.2, -0.15) is 0 Å². The minimum Gasteiger partial charge on any atom is -0.496 e. The molecule has 2 aromatic carbocycles. The van der Waals surface area contributed by atoms with Gasteiger partial charge in [-0.25, -0.2) is 0 Å². The number of para-hydroxylation sites is 1. The summed E-state index contributed by atoms with van der Waals surface area (Å²) in [5, 5.41) is 1.19. The first kappa shape index (κ1) is 18.7. The lowest BCUT2D eigenvalue weighted by Gasteiger charge is -2.10. The molecule has 5 heteroatoms. The highest BCUT2D eigenvalue weighted by Gasteiger charge is 2.11. The highest BCUT2D eigenvalue weighted by Crippen LogP contribution is 2.22. The molecule has 3 aromatic rings. The number of ketones is 1. The summed E-state index contributed by atoms with van der Waals surface area (Å²) in [5.74, 6) is 0.306. The van der Waals surface area contributed by atoms with E-state index in [1.54, 1.807) is 25.3 Å². The van der Waals surface area contributed by atoms with Gasteiger partial charge in [0.05, 0.1) is 7.11 Å². The molecule has 1 aromatic heterocycles. The Morgan fingerprint density at radius 3 is 2.67 bits per heavy atom. The highest BCUT2D eigenvalue weighted by atomic mass is 16.5. The van der Waals surface area contributed by atoms with Gasteiger partial charge in [0.15, 0.2) is 5.78 Å². The van der Waals surface area contributed by atoms with E-state index in [0.717, 1.165) is 11.9 Å². The number of Topliss-reactive ketones (excluding diaryl/α,β-unsaturated/α-hetero) is 1. The number of nitrogens with one attached hydrogen (secondary N) is 1. The van der Waals surface area contributed by atoms with Crippen molar-refractivity contribution >= 4 is 22.7 Å². The van der Waals surface area contributed by atoms with Crippen LogP contribution in [0.15, 0.2) is 48.7 Å². The maximum Gasteiger partial charge on any atom is 0.306 e. The molecule has 0 aliphatic carbocycles. The molecule has 0 aliphatic rings. The molecule has 0 saturated carbocycles. The molecule has 0 unspecified atom stereocenters. The Morgan fingerprint density at radius 1 is 1.07 bits per heavy atom. The molecule has 1 N–H and O–H groups in total. The summed E-state index contributed by atoms with van der Waals surface area (Å²) in [6.07, 6.45) is 3.86. The number of esters is 1. The zero-order valence-electron chi connectivity index (χ0n) is 15.6. The molecule has 0 bridgehead atoms. The fourth-order valence-corrected chi connectivity index (χ4v) is 3.10. The van der Waals surface area contributed by atoms with Gasteiger partial charge in [-0.15, -0.1) is 0 Å². The molecule has 1 heterocycles. The Bertz CT molecular complexity index is 958.